The van der Waals surface area contributed by atoms with Gasteiger partial charge in [-0.2, -0.15) is 0 Å². The van der Waals surface area contributed by atoms with Crippen LogP contribution in [-0.4, -0.2) is 13.2 Å². The molecular formula is C14H32O. The molecule has 0 aliphatic carbocycles. The summed E-state index contributed by atoms with van der Waals surface area (Å²) in [4.78, 5) is 0. The van der Waals surface area contributed by atoms with Crippen LogP contribution < -0.4 is 0 Å². The first-order chi connectivity index (χ1) is 7.33. The van der Waals surface area contributed by atoms with Gasteiger partial charge in [0.2, 0.25) is 0 Å². The summed E-state index contributed by atoms with van der Waals surface area (Å²) < 4.78 is 4.83. The summed E-state index contributed by atoms with van der Waals surface area (Å²) in [5, 5.41) is 0. The maximum absolute atomic E-state index is 4.83. The van der Waals surface area contributed by atoms with E-state index in [-0.39, 0.29) is 0 Å². The van der Waals surface area contributed by atoms with E-state index in [4.69, 9.17) is 4.74 Å². The summed E-state index contributed by atoms with van der Waals surface area (Å²) in [7, 11) is 0. The van der Waals surface area contributed by atoms with Gasteiger partial charge in [0.15, 0.2) is 0 Å². The zero-order valence-corrected chi connectivity index (χ0v) is 11.5. The highest BCUT2D eigenvalue weighted by atomic mass is 16.5. The van der Waals surface area contributed by atoms with Gasteiger partial charge in [-0.25, -0.2) is 0 Å². The Hall–Kier alpha value is -0.0400. The molecule has 0 N–H and O–H groups in total. The average molecular weight is 216 g/mol. The standard InChI is InChI=1S/C10H22.C4H10O/c1-3-5-7-9-10-8-6-4-2;1-3-5-4-2/h3-10H2,1-2H3;3-4H2,1-2H3. The van der Waals surface area contributed by atoms with E-state index in [2.05, 4.69) is 13.8 Å². The van der Waals surface area contributed by atoms with Crippen molar-refractivity contribution in [1.29, 1.82) is 0 Å². The van der Waals surface area contributed by atoms with Gasteiger partial charge in [0.05, 0.1) is 0 Å². The van der Waals surface area contributed by atoms with E-state index in [0.29, 0.717) is 0 Å². The first kappa shape index (κ1) is 17.4. The molecule has 0 amide bonds. The summed E-state index contributed by atoms with van der Waals surface area (Å²) in [5.74, 6) is 0. The Morgan fingerprint density at radius 2 is 0.867 bits per heavy atom. The molecule has 1 nitrogen and oxygen atoms in total. The minimum Gasteiger partial charge on any atom is -0.382 e. The van der Waals surface area contributed by atoms with Gasteiger partial charge in [0, 0.05) is 13.2 Å². The lowest BCUT2D eigenvalue weighted by Gasteiger charge is -1.97. The summed E-state index contributed by atoms with van der Waals surface area (Å²) >= 11 is 0. The molecule has 0 aliphatic rings. The Morgan fingerprint density at radius 3 is 1.07 bits per heavy atom. The second-order valence-electron chi connectivity index (χ2n) is 3.90. The van der Waals surface area contributed by atoms with Crippen LogP contribution in [0.5, 0.6) is 0 Å². The lowest BCUT2D eigenvalue weighted by molar-refractivity contribution is 0.162. The predicted octanol–water partition coefficient (Wildman–Crippen LogP) is 5.19. The molecule has 94 valence electrons. The summed E-state index contributed by atoms with van der Waals surface area (Å²) in [6.07, 6.45) is 11.5. The minimum absolute atomic E-state index is 0.844. The zero-order valence-electron chi connectivity index (χ0n) is 11.5. The van der Waals surface area contributed by atoms with Crippen molar-refractivity contribution in [2.24, 2.45) is 0 Å². The third kappa shape index (κ3) is 24.9. The van der Waals surface area contributed by atoms with Gasteiger partial charge >= 0.3 is 0 Å². The fraction of sp³-hybridized carbons (Fsp3) is 1.00. The molecule has 0 aromatic heterocycles. The number of hydrogen-bond acceptors (Lipinski definition) is 1. The fourth-order valence-electron chi connectivity index (χ4n) is 1.41. The van der Waals surface area contributed by atoms with Crippen LogP contribution in [0.4, 0.5) is 0 Å². The van der Waals surface area contributed by atoms with Crippen LogP contribution >= 0.6 is 0 Å². The largest absolute Gasteiger partial charge is 0.382 e. The smallest absolute Gasteiger partial charge is 0.0437 e. The van der Waals surface area contributed by atoms with Crippen molar-refractivity contribution in [1.82, 2.24) is 0 Å². The van der Waals surface area contributed by atoms with E-state index in [1.807, 2.05) is 13.8 Å². The van der Waals surface area contributed by atoms with Crippen molar-refractivity contribution in [2.45, 2.75) is 79.1 Å². The van der Waals surface area contributed by atoms with Crippen molar-refractivity contribution >= 4 is 0 Å². The van der Waals surface area contributed by atoms with E-state index in [1.165, 1.54) is 51.4 Å². The van der Waals surface area contributed by atoms with Gasteiger partial charge in [-0.3, -0.25) is 0 Å². The monoisotopic (exact) mass is 216 g/mol. The second kappa shape index (κ2) is 19.5. The third-order valence-electron chi connectivity index (χ3n) is 2.37. The Labute approximate surface area is 97.6 Å². The molecule has 0 spiro atoms. The Morgan fingerprint density at radius 1 is 0.533 bits per heavy atom. The Bertz CT molecular complexity index is 71.4. The molecule has 1 heteroatoms. The van der Waals surface area contributed by atoms with Gasteiger partial charge in [0.25, 0.3) is 0 Å². The Kier molecular flexibility index (Phi) is 22.6. The number of ether oxygens (including phenoxy) is 1. The van der Waals surface area contributed by atoms with E-state index < -0.39 is 0 Å². The van der Waals surface area contributed by atoms with E-state index >= 15 is 0 Å². The molecule has 0 saturated heterocycles. The minimum atomic E-state index is 0.844. The van der Waals surface area contributed by atoms with E-state index in [0.717, 1.165) is 13.2 Å². The van der Waals surface area contributed by atoms with Crippen LogP contribution in [0.2, 0.25) is 0 Å². The summed E-state index contributed by atoms with van der Waals surface area (Å²) in [6.45, 7) is 10.2. The first-order valence-electron chi connectivity index (χ1n) is 6.91. The molecule has 0 saturated carbocycles. The first-order valence-corrected chi connectivity index (χ1v) is 6.91. The SMILES string of the molecule is CCCCCCCCCC.CCOCC. The molecule has 0 fully saturated rings. The number of rotatable bonds is 9. The lowest BCUT2D eigenvalue weighted by Crippen LogP contribution is -1.84. The fourth-order valence-corrected chi connectivity index (χ4v) is 1.41. The average Bonchev–Trinajstić information content (AvgIpc) is 2.25. The van der Waals surface area contributed by atoms with Gasteiger partial charge in [-0.05, 0) is 13.8 Å². The van der Waals surface area contributed by atoms with Crippen LogP contribution in [0.3, 0.4) is 0 Å². The topological polar surface area (TPSA) is 9.23 Å². The summed E-state index contributed by atoms with van der Waals surface area (Å²) in [5.41, 5.74) is 0. The normalized spacial score (nSPS) is 9.60. The van der Waals surface area contributed by atoms with Crippen molar-refractivity contribution in [3.05, 3.63) is 0 Å². The molecule has 0 rings (SSSR count). The van der Waals surface area contributed by atoms with Crippen LogP contribution in [0.25, 0.3) is 0 Å². The highest BCUT2D eigenvalue weighted by Crippen LogP contribution is 2.07. The van der Waals surface area contributed by atoms with Gasteiger partial charge in [-0.1, -0.05) is 65.2 Å². The van der Waals surface area contributed by atoms with Gasteiger partial charge in [-0.15, -0.1) is 0 Å². The molecule has 0 aromatic rings. The Balaban J connectivity index is 0. The van der Waals surface area contributed by atoms with Crippen molar-refractivity contribution in [2.75, 3.05) is 13.2 Å². The van der Waals surface area contributed by atoms with Crippen molar-refractivity contribution < 1.29 is 4.74 Å². The highest BCUT2D eigenvalue weighted by Gasteiger charge is 1.87. The lowest BCUT2D eigenvalue weighted by atomic mass is 10.1. The number of hydrogen-bond donors (Lipinski definition) is 0. The molecule has 0 bridgehead atoms. The van der Waals surface area contributed by atoms with Crippen molar-refractivity contribution in [3.63, 3.8) is 0 Å². The molecule has 0 heterocycles. The van der Waals surface area contributed by atoms with Crippen molar-refractivity contribution in [3.8, 4) is 0 Å². The van der Waals surface area contributed by atoms with Crippen LogP contribution in [0.15, 0.2) is 0 Å². The van der Waals surface area contributed by atoms with Crippen LogP contribution in [-0.2, 0) is 4.74 Å². The molecule has 0 unspecified atom stereocenters. The molecular weight excluding hydrogens is 184 g/mol. The van der Waals surface area contributed by atoms with Gasteiger partial charge < -0.3 is 4.74 Å². The molecule has 0 atom stereocenters. The van der Waals surface area contributed by atoms with E-state index in [1.54, 1.807) is 0 Å². The van der Waals surface area contributed by atoms with Crippen LogP contribution in [0.1, 0.15) is 79.1 Å². The molecule has 0 aromatic carbocycles. The quantitative estimate of drug-likeness (QED) is 0.482. The highest BCUT2D eigenvalue weighted by molar-refractivity contribution is 4.43. The van der Waals surface area contributed by atoms with E-state index in [9.17, 15) is 0 Å². The van der Waals surface area contributed by atoms with Gasteiger partial charge in [0.1, 0.15) is 0 Å². The zero-order chi connectivity index (χ0) is 11.8. The molecule has 0 radical (unpaired) electrons. The molecule has 0 aliphatic heterocycles. The third-order valence-corrected chi connectivity index (χ3v) is 2.37. The summed E-state index contributed by atoms with van der Waals surface area (Å²) in [6, 6.07) is 0. The van der Waals surface area contributed by atoms with Crippen LogP contribution in [0, 0.1) is 0 Å². The second-order valence-corrected chi connectivity index (χ2v) is 3.90. The maximum Gasteiger partial charge on any atom is 0.0437 e. The number of unbranched alkanes of at least 4 members (excludes halogenated alkanes) is 7. The predicted molar refractivity (Wildman–Crippen MR) is 70.5 cm³/mol. The maximum atomic E-state index is 4.83. The molecule has 15 heavy (non-hydrogen) atoms.